The van der Waals surface area contributed by atoms with Gasteiger partial charge in [0.1, 0.15) is 5.75 Å². The molecule has 2 aromatic carbocycles. The summed E-state index contributed by atoms with van der Waals surface area (Å²) in [6.07, 6.45) is 0. The molecule has 0 saturated heterocycles. The van der Waals surface area contributed by atoms with Gasteiger partial charge in [0.05, 0.1) is 12.2 Å². The molecule has 4 nitrogen and oxygen atoms in total. The van der Waals surface area contributed by atoms with E-state index >= 15 is 0 Å². The predicted octanol–water partition coefficient (Wildman–Crippen LogP) is 4.58. The minimum absolute atomic E-state index is 0.235. The molecule has 24 heavy (non-hydrogen) atoms. The first-order valence-electron chi connectivity index (χ1n) is 7.30. The van der Waals surface area contributed by atoms with Gasteiger partial charge in [0.25, 0.3) is 0 Å². The minimum Gasteiger partial charge on any atom is -0.481 e. The van der Waals surface area contributed by atoms with E-state index in [4.69, 9.17) is 21.1 Å². The molecule has 0 aliphatic carbocycles. The Bertz CT molecular complexity index is 753. The molecule has 0 fully saturated rings. The zero-order valence-corrected chi connectivity index (χ0v) is 15.6. The van der Waals surface area contributed by atoms with Gasteiger partial charge in [-0.05, 0) is 55.8 Å². The number of aryl methyl sites for hydroxylation is 1. The zero-order valence-electron chi connectivity index (χ0n) is 13.3. The van der Waals surface area contributed by atoms with Gasteiger partial charge in [0.15, 0.2) is 12.4 Å². The molecule has 0 N–H and O–H groups in total. The van der Waals surface area contributed by atoms with Gasteiger partial charge in [0.2, 0.25) is 0 Å². The van der Waals surface area contributed by atoms with Crippen LogP contribution in [-0.4, -0.2) is 25.0 Å². The van der Waals surface area contributed by atoms with Crippen molar-refractivity contribution in [1.29, 1.82) is 0 Å². The molecule has 0 aliphatic heterocycles. The largest absolute Gasteiger partial charge is 0.481 e. The van der Waals surface area contributed by atoms with Crippen LogP contribution in [0.15, 0.2) is 40.9 Å². The molecule has 0 bridgehead atoms. The lowest BCUT2D eigenvalue weighted by molar-refractivity contribution is -0.145. The Morgan fingerprint density at radius 1 is 1.17 bits per heavy atom. The van der Waals surface area contributed by atoms with Crippen LogP contribution in [0.25, 0.3) is 0 Å². The molecule has 0 aliphatic rings. The number of carbonyl (C=O) groups is 2. The summed E-state index contributed by atoms with van der Waals surface area (Å²) in [5.74, 6) is -0.444. The normalized spacial score (nSPS) is 10.3. The summed E-state index contributed by atoms with van der Waals surface area (Å²) >= 11 is 9.40. The Balaban J connectivity index is 2.32. The van der Waals surface area contributed by atoms with Crippen LogP contribution in [0, 0.1) is 6.92 Å². The summed E-state index contributed by atoms with van der Waals surface area (Å²) in [5.41, 5.74) is 1.75. The van der Waals surface area contributed by atoms with Gasteiger partial charge in [-0.1, -0.05) is 27.5 Å². The number of hydrogen-bond acceptors (Lipinski definition) is 4. The predicted molar refractivity (Wildman–Crippen MR) is 95.9 cm³/mol. The van der Waals surface area contributed by atoms with Gasteiger partial charge in [0, 0.05) is 15.1 Å². The van der Waals surface area contributed by atoms with Crippen molar-refractivity contribution in [2.24, 2.45) is 0 Å². The molecule has 0 heterocycles. The highest BCUT2D eigenvalue weighted by Gasteiger charge is 2.17. The maximum Gasteiger partial charge on any atom is 0.344 e. The van der Waals surface area contributed by atoms with E-state index in [0.717, 1.165) is 10.0 Å². The fourth-order valence-corrected chi connectivity index (χ4v) is 2.95. The third-order valence-corrected chi connectivity index (χ3v) is 3.83. The highest BCUT2D eigenvalue weighted by atomic mass is 79.9. The molecule has 0 radical (unpaired) electrons. The molecule has 0 spiro atoms. The number of hydrogen-bond donors (Lipinski definition) is 0. The summed E-state index contributed by atoms with van der Waals surface area (Å²) in [6, 6.07) is 10.1. The van der Waals surface area contributed by atoms with Crippen molar-refractivity contribution >= 4 is 39.3 Å². The van der Waals surface area contributed by atoms with Gasteiger partial charge in [-0.2, -0.15) is 0 Å². The number of carbonyl (C=O) groups excluding carboxylic acids is 2. The van der Waals surface area contributed by atoms with Gasteiger partial charge >= 0.3 is 5.97 Å². The van der Waals surface area contributed by atoms with Crippen molar-refractivity contribution < 1.29 is 19.1 Å². The first kappa shape index (κ1) is 18.5. The summed E-state index contributed by atoms with van der Waals surface area (Å²) in [7, 11) is 0. The number of halogens is 2. The van der Waals surface area contributed by atoms with Crippen LogP contribution < -0.4 is 4.74 Å². The van der Waals surface area contributed by atoms with Crippen molar-refractivity contribution in [3.05, 3.63) is 62.6 Å². The summed E-state index contributed by atoms with van der Waals surface area (Å²) < 4.78 is 11.1. The van der Waals surface area contributed by atoms with E-state index in [0.29, 0.717) is 16.1 Å². The topological polar surface area (TPSA) is 52.6 Å². The van der Waals surface area contributed by atoms with Crippen molar-refractivity contribution in [2.45, 2.75) is 13.8 Å². The van der Waals surface area contributed by atoms with Gasteiger partial charge < -0.3 is 9.47 Å². The van der Waals surface area contributed by atoms with Crippen LogP contribution in [0.5, 0.6) is 5.75 Å². The average Bonchev–Trinajstić information content (AvgIpc) is 2.52. The highest BCUT2D eigenvalue weighted by molar-refractivity contribution is 9.10. The number of benzene rings is 2. The Morgan fingerprint density at radius 2 is 1.92 bits per heavy atom. The average molecular weight is 412 g/mol. The lowest BCUT2D eigenvalue weighted by atomic mass is 10.0. The van der Waals surface area contributed by atoms with E-state index in [-0.39, 0.29) is 24.7 Å². The van der Waals surface area contributed by atoms with E-state index in [9.17, 15) is 9.59 Å². The molecule has 0 unspecified atom stereocenters. The van der Waals surface area contributed by atoms with Crippen LogP contribution in [0.3, 0.4) is 0 Å². The molecule has 0 atom stereocenters. The Kier molecular flexibility index (Phi) is 6.40. The fourth-order valence-electron chi connectivity index (χ4n) is 2.17. The highest BCUT2D eigenvalue weighted by Crippen LogP contribution is 2.27. The van der Waals surface area contributed by atoms with E-state index < -0.39 is 5.97 Å². The van der Waals surface area contributed by atoms with Crippen LogP contribution in [-0.2, 0) is 9.53 Å². The Morgan fingerprint density at radius 3 is 2.58 bits per heavy atom. The molecule has 2 rings (SSSR count). The van der Waals surface area contributed by atoms with Gasteiger partial charge in [-0.3, -0.25) is 4.79 Å². The van der Waals surface area contributed by atoms with Crippen LogP contribution >= 0.6 is 27.5 Å². The Hall–Kier alpha value is -1.85. The first-order chi connectivity index (χ1) is 11.4. The lowest BCUT2D eigenvalue weighted by Crippen LogP contribution is -2.16. The molecule has 126 valence electrons. The fraction of sp³-hybridized carbons (Fsp3) is 0.222. The van der Waals surface area contributed by atoms with Crippen molar-refractivity contribution in [3.8, 4) is 5.75 Å². The number of esters is 1. The maximum atomic E-state index is 12.8. The standard InChI is InChI=1S/C18H16BrClO4/c1-3-23-17(21)10-24-16-5-4-14(20)9-15(16)18(22)12-6-11(2)7-13(19)8-12/h4-9H,3,10H2,1-2H3. The summed E-state index contributed by atoms with van der Waals surface area (Å²) in [5, 5.41) is 0.411. The third kappa shape index (κ3) is 4.82. The van der Waals surface area contributed by atoms with E-state index in [1.165, 1.54) is 6.07 Å². The quantitative estimate of drug-likeness (QED) is 0.515. The molecular weight excluding hydrogens is 396 g/mol. The maximum absolute atomic E-state index is 12.8. The van der Waals surface area contributed by atoms with E-state index in [1.807, 2.05) is 13.0 Å². The first-order valence-corrected chi connectivity index (χ1v) is 8.47. The van der Waals surface area contributed by atoms with Crippen molar-refractivity contribution in [1.82, 2.24) is 0 Å². The van der Waals surface area contributed by atoms with Crippen LogP contribution in [0.1, 0.15) is 28.4 Å². The van der Waals surface area contributed by atoms with Crippen molar-refractivity contribution in [3.63, 3.8) is 0 Å². The summed E-state index contributed by atoms with van der Waals surface area (Å²) in [4.78, 5) is 24.3. The molecule has 0 saturated carbocycles. The molecule has 0 amide bonds. The second kappa shape index (κ2) is 8.31. The monoisotopic (exact) mass is 410 g/mol. The SMILES string of the molecule is CCOC(=O)COc1ccc(Cl)cc1C(=O)c1cc(C)cc(Br)c1. The number of ketones is 1. The minimum atomic E-state index is -0.496. The van der Waals surface area contributed by atoms with Crippen LogP contribution in [0.2, 0.25) is 5.02 Å². The van der Waals surface area contributed by atoms with Crippen LogP contribution in [0.4, 0.5) is 0 Å². The third-order valence-electron chi connectivity index (χ3n) is 3.14. The van der Waals surface area contributed by atoms with Gasteiger partial charge in [-0.25, -0.2) is 4.79 Å². The zero-order chi connectivity index (χ0) is 17.7. The number of rotatable bonds is 6. The number of ether oxygens (including phenoxy) is 2. The van der Waals surface area contributed by atoms with Gasteiger partial charge in [-0.15, -0.1) is 0 Å². The molecule has 2 aromatic rings. The van der Waals surface area contributed by atoms with Crippen molar-refractivity contribution in [2.75, 3.05) is 13.2 Å². The molecule has 0 aromatic heterocycles. The molecular formula is C18H16BrClO4. The lowest BCUT2D eigenvalue weighted by Gasteiger charge is -2.11. The van der Waals surface area contributed by atoms with E-state index in [2.05, 4.69) is 15.9 Å². The second-order valence-corrected chi connectivity index (χ2v) is 6.43. The Labute approximate surface area is 153 Å². The smallest absolute Gasteiger partial charge is 0.344 e. The second-order valence-electron chi connectivity index (χ2n) is 5.08. The summed E-state index contributed by atoms with van der Waals surface area (Å²) in [6.45, 7) is 3.61. The molecule has 6 heteroatoms. The van der Waals surface area contributed by atoms with E-state index in [1.54, 1.807) is 31.2 Å².